The van der Waals surface area contributed by atoms with Crippen LogP contribution in [0.1, 0.15) is 22.1 Å². The SMILES string of the molecule is O=C1c2ccccc2NC(c2cc([N+](=O)[O-])ccc2Cl)N1c1ccncc1. The van der Waals surface area contributed by atoms with Crippen LogP contribution in [0.5, 0.6) is 0 Å². The summed E-state index contributed by atoms with van der Waals surface area (Å²) < 4.78 is 0. The number of aromatic nitrogens is 1. The van der Waals surface area contributed by atoms with Crippen LogP contribution in [0, 0.1) is 10.1 Å². The van der Waals surface area contributed by atoms with Crippen molar-refractivity contribution in [1.82, 2.24) is 4.98 Å². The van der Waals surface area contributed by atoms with Gasteiger partial charge in [-0.15, -0.1) is 0 Å². The summed E-state index contributed by atoms with van der Waals surface area (Å²) in [5.74, 6) is -0.233. The van der Waals surface area contributed by atoms with Gasteiger partial charge < -0.3 is 5.32 Å². The molecule has 1 N–H and O–H groups in total. The second-order valence-corrected chi connectivity index (χ2v) is 6.34. The average molecular weight is 381 g/mol. The number of carbonyl (C=O) groups is 1. The Bertz CT molecular complexity index is 1040. The fraction of sp³-hybridized carbons (Fsp3) is 0.0526. The molecule has 1 aliphatic rings. The predicted octanol–water partition coefficient (Wildman–Crippen LogP) is 4.41. The maximum absolute atomic E-state index is 13.2. The lowest BCUT2D eigenvalue weighted by Gasteiger charge is -2.38. The number of benzene rings is 2. The Morgan fingerprint density at radius 3 is 2.59 bits per heavy atom. The first-order chi connectivity index (χ1) is 13.1. The second kappa shape index (κ2) is 6.69. The normalized spacial score (nSPS) is 15.8. The van der Waals surface area contributed by atoms with Gasteiger partial charge in [-0.3, -0.25) is 24.8 Å². The number of hydrogen-bond acceptors (Lipinski definition) is 5. The Balaban J connectivity index is 1.91. The lowest BCUT2D eigenvalue weighted by Crippen LogP contribution is -2.43. The molecule has 0 radical (unpaired) electrons. The van der Waals surface area contributed by atoms with Crippen molar-refractivity contribution in [3.8, 4) is 0 Å². The maximum Gasteiger partial charge on any atom is 0.269 e. The molecule has 1 atom stereocenters. The molecule has 3 aromatic rings. The monoisotopic (exact) mass is 380 g/mol. The highest BCUT2D eigenvalue weighted by Crippen LogP contribution is 2.39. The van der Waals surface area contributed by atoms with Gasteiger partial charge in [-0.2, -0.15) is 0 Å². The largest absolute Gasteiger partial charge is 0.360 e. The molecule has 1 aromatic heterocycles. The molecule has 1 unspecified atom stereocenters. The summed E-state index contributed by atoms with van der Waals surface area (Å²) in [6.45, 7) is 0. The predicted molar refractivity (Wildman–Crippen MR) is 102 cm³/mol. The number of nitrogens with one attached hydrogen (secondary N) is 1. The van der Waals surface area contributed by atoms with Crippen LogP contribution >= 0.6 is 11.6 Å². The van der Waals surface area contributed by atoms with Crippen molar-refractivity contribution in [3.05, 3.63) is 93.3 Å². The van der Waals surface area contributed by atoms with Crippen molar-refractivity contribution in [2.24, 2.45) is 0 Å². The van der Waals surface area contributed by atoms with Crippen LogP contribution in [0.4, 0.5) is 17.1 Å². The highest BCUT2D eigenvalue weighted by Gasteiger charge is 2.35. The van der Waals surface area contributed by atoms with Crippen molar-refractivity contribution < 1.29 is 9.72 Å². The van der Waals surface area contributed by atoms with E-state index in [1.165, 1.54) is 23.1 Å². The van der Waals surface area contributed by atoms with Gasteiger partial charge in [0.2, 0.25) is 0 Å². The molecule has 0 spiro atoms. The number of halogens is 1. The Kier molecular flexibility index (Phi) is 4.21. The average Bonchev–Trinajstić information content (AvgIpc) is 2.69. The molecular formula is C19H13ClN4O3. The van der Waals surface area contributed by atoms with Crippen LogP contribution < -0.4 is 10.2 Å². The molecule has 4 rings (SSSR count). The fourth-order valence-electron chi connectivity index (χ4n) is 3.10. The minimum Gasteiger partial charge on any atom is -0.360 e. The van der Waals surface area contributed by atoms with Gasteiger partial charge in [0.1, 0.15) is 6.17 Å². The van der Waals surface area contributed by atoms with Gasteiger partial charge in [-0.25, -0.2) is 0 Å². The van der Waals surface area contributed by atoms with E-state index in [9.17, 15) is 14.9 Å². The van der Waals surface area contributed by atoms with E-state index in [4.69, 9.17) is 11.6 Å². The molecule has 2 aromatic carbocycles. The number of nitro groups is 1. The zero-order chi connectivity index (χ0) is 19.0. The first-order valence-electron chi connectivity index (χ1n) is 8.09. The van der Waals surface area contributed by atoms with Crippen LogP contribution in [0.15, 0.2) is 67.0 Å². The zero-order valence-electron chi connectivity index (χ0n) is 13.9. The number of non-ortho nitro benzene ring substituents is 1. The van der Waals surface area contributed by atoms with Crippen molar-refractivity contribution >= 4 is 34.6 Å². The number of carbonyl (C=O) groups excluding carboxylic acids is 1. The molecular weight excluding hydrogens is 368 g/mol. The van der Waals surface area contributed by atoms with Gasteiger partial charge in [0.15, 0.2) is 0 Å². The number of para-hydroxylation sites is 1. The molecule has 0 aliphatic carbocycles. The second-order valence-electron chi connectivity index (χ2n) is 5.94. The summed E-state index contributed by atoms with van der Waals surface area (Å²) in [5.41, 5.74) is 2.08. The van der Waals surface area contributed by atoms with E-state index in [0.29, 0.717) is 27.5 Å². The smallest absolute Gasteiger partial charge is 0.269 e. The van der Waals surface area contributed by atoms with Crippen molar-refractivity contribution in [2.45, 2.75) is 6.17 Å². The molecule has 134 valence electrons. The first kappa shape index (κ1) is 17.0. The zero-order valence-corrected chi connectivity index (χ0v) is 14.6. The van der Waals surface area contributed by atoms with Crippen LogP contribution in [-0.2, 0) is 0 Å². The van der Waals surface area contributed by atoms with Crippen molar-refractivity contribution in [3.63, 3.8) is 0 Å². The third-order valence-electron chi connectivity index (χ3n) is 4.35. The molecule has 1 amide bonds. The Hall–Kier alpha value is -3.45. The molecule has 27 heavy (non-hydrogen) atoms. The molecule has 8 heteroatoms. The van der Waals surface area contributed by atoms with Crippen molar-refractivity contribution in [2.75, 3.05) is 10.2 Å². The number of amides is 1. The number of nitro benzene ring substituents is 1. The number of fused-ring (bicyclic) bond motifs is 1. The van der Waals surface area contributed by atoms with E-state index in [0.717, 1.165) is 0 Å². The van der Waals surface area contributed by atoms with E-state index < -0.39 is 11.1 Å². The molecule has 1 aliphatic heterocycles. The summed E-state index contributed by atoms with van der Waals surface area (Å²) in [6, 6.07) is 14.7. The highest BCUT2D eigenvalue weighted by atomic mass is 35.5. The fourth-order valence-corrected chi connectivity index (χ4v) is 3.32. The minimum atomic E-state index is -0.706. The number of nitrogens with zero attached hydrogens (tertiary/aromatic N) is 3. The molecule has 0 bridgehead atoms. The summed E-state index contributed by atoms with van der Waals surface area (Å²) in [4.78, 5) is 29.5. The number of anilines is 2. The van der Waals surface area contributed by atoms with Gasteiger partial charge in [0.05, 0.1) is 10.5 Å². The lowest BCUT2D eigenvalue weighted by atomic mass is 10.0. The molecule has 7 nitrogen and oxygen atoms in total. The minimum absolute atomic E-state index is 0.0998. The van der Waals surface area contributed by atoms with Gasteiger partial charge in [-0.1, -0.05) is 23.7 Å². The Morgan fingerprint density at radius 1 is 1.11 bits per heavy atom. The van der Waals surface area contributed by atoms with Crippen LogP contribution in [0.2, 0.25) is 5.02 Å². The Morgan fingerprint density at radius 2 is 1.85 bits per heavy atom. The standard InChI is InChI=1S/C19H13ClN4O3/c20-16-6-5-13(24(26)27)11-15(16)18-22-17-4-2-1-3-14(17)19(25)23(18)12-7-9-21-10-8-12/h1-11,18,22H. The quantitative estimate of drug-likeness (QED) is 0.537. The van der Waals surface area contributed by atoms with E-state index in [1.54, 1.807) is 42.7 Å². The lowest BCUT2D eigenvalue weighted by molar-refractivity contribution is -0.384. The summed E-state index contributed by atoms with van der Waals surface area (Å²) in [6.07, 6.45) is 2.45. The molecule has 2 heterocycles. The molecule has 0 fully saturated rings. The topological polar surface area (TPSA) is 88.4 Å². The van der Waals surface area contributed by atoms with Gasteiger partial charge in [0, 0.05) is 46.5 Å². The van der Waals surface area contributed by atoms with Crippen molar-refractivity contribution in [1.29, 1.82) is 0 Å². The number of pyridine rings is 1. The van der Waals surface area contributed by atoms with Gasteiger partial charge in [-0.05, 0) is 30.3 Å². The number of rotatable bonds is 3. The summed E-state index contributed by atoms with van der Waals surface area (Å²) in [5, 5.41) is 14.8. The Labute approximate surface area is 159 Å². The van der Waals surface area contributed by atoms with Gasteiger partial charge >= 0.3 is 0 Å². The van der Waals surface area contributed by atoms with Crippen LogP contribution in [-0.4, -0.2) is 15.8 Å². The summed E-state index contributed by atoms with van der Waals surface area (Å²) in [7, 11) is 0. The van der Waals surface area contributed by atoms with Gasteiger partial charge in [0.25, 0.3) is 11.6 Å². The summed E-state index contributed by atoms with van der Waals surface area (Å²) >= 11 is 6.35. The van der Waals surface area contributed by atoms with Crippen LogP contribution in [0.25, 0.3) is 0 Å². The third kappa shape index (κ3) is 2.98. The molecule has 0 saturated heterocycles. The van der Waals surface area contributed by atoms with E-state index in [1.807, 2.05) is 6.07 Å². The third-order valence-corrected chi connectivity index (χ3v) is 4.70. The maximum atomic E-state index is 13.2. The van der Waals surface area contributed by atoms with E-state index in [2.05, 4.69) is 10.3 Å². The van der Waals surface area contributed by atoms with E-state index >= 15 is 0 Å². The molecule has 0 saturated carbocycles. The highest BCUT2D eigenvalue weighted by molar-refractivity contribution is 6.31. The first-order valence-corrected chi connectivity index (χ1v) is 8.47. The van der Waals surface area contributed by atoms with Crippen LogP contribution in [0.3, 0.4) is 0 Å². The number of hydrogen-bond donors (Lipinski definition) is 1. The van der Waals surface area contributed by atoms with E-state index in [-0.39, 0.29) is 11.6 Å².